The van der Waals surface area contributed by atoms with E-state index in [0.717, 1.165) is 5.56 Å². The van der Waals surface area contributed by atoms with Crippen molar-refractivity contribution in [1.82, 2.24) is 4.98 Å². The topological polar surface area (TPSA) is 82.5 Å². The monoisotopic (exact) mass is 244 g/mol. The first-order chi connectivity index (χ1) is 8.66. The van der Waals surface area contributed by atoms with Gasteiger partial charge in [0.15, 0.2) is 0 Å². The summed E-state index contributed by atoms with van der Waals surface area (Å²) < 4.78 is 0. The van der Waals surface area contributed by atoms with E-state index in [1.54, 1.807) is 18.5 Å². The molecule has 0 saturated carbocycles. The smallest absolute Gasteiger partial charge is 0.339 e. The van der Waals surface area contributed by atoms with E-state index >= 15 is 0 Å². The number of carbonyl (C=O) groups is 1. The Balaban J connectivity index is 2.11. The first kappa shape index (κ1) is 11.9. The number of rotatable bonds is 4. The number of nitrogens with zero attached hydrogens (tertiary/aromatic N) is 1. The number of benzene rings is 1. The molecule has 0 aliphatic rings. The second kappa shape index (κ2) is 5.18. The zero-order valence-corrected chi connectivity index (χ0v) is 9.50. The lowest BCUT2D eigenvalue weighted by molar-refractivity contribution is 0.0694. The first-order valence-corrected chi connectivity index (χ1v) is 5.36. The quantitative estimate of drug-likeness (QED) is 0.717. The third-order valence-corrected chi connectivity index (χ3v) is 2.45. The second-order valence-electron chi connectivity index (χ2n) is 3.75. The molecule has 3 N–H and O–H groups in total. The minimum absolute atomic E-state index is 0.119. The highest BCUT2D eigenvalue weighted by Gasteiger charge is 2.09. The second-order valence-corrected chi connectivity index (χ2v) is 3.75. The molecule has 0 amide bonds. The van der Waals surface area contributed by atoms with Gasteiger partial charge in [-0.1, -0.05) is 6.07 Å². The fourth-order valence-electron chi connectivity index (χ4n) is 1.52. The van der Waals surface area contributed by atoms with Crippen molar-refractivity contribution in [2.45, 2.75) is 6.54 Å². The number of pyridine rings is 1. The van der Waals surface area contributed by atoms with Gasteiger partial charge in [0.05, 0.1) is 0 Å². The molecule has 1 aromatic heterocycles. The van der Waals surface area contributed by atoms with Crippen molar-refractivity contribution in [2.75, 3.05) is 5.32 Å². The Morgan fingerprint density at radius 1 is 1.33 bits per heavy atom. The molecule has 18 heavy (non-hydrogen) atoms. The van der Waals surface area contributed by atoms with Crippen molar-refractivity contribution < 1.29 is 15.0 Å². The number of carboxylic acid groups (broad SMARTS) is 1. The van der Waals surface area contributed by atoms with Gasteiger partial charge in [-0.05, 0) is 29.8 Å². The normalized spacial score (nSPS) is 10.0. The van der Waals surface area contributed by atoms with Gasteiger partial charge in [0, 0.05) is 24.6 Å². The molecule has 1 heterocycles. The summed E-state index contributed by atoms with van der Waals surface area (Å²) in [6, 6.07) is 8.12. The predicted molar refractivity (Wildman–Crippen MR) is 66.6 cm³/mol. The Labute approximate surface area is 104 Å². The summed E-state index contributed by atoms with van der Waals surface area (Å²) in [5.41, 5.74) is 1.50. The molecule has 0 fully saturated rings. The number of carboxylic acids is 1. The predicted octanol–water partition coefficient (Wildman–Crippen LogP) is 2.10. The van der Waals surface area contributed by atoms with Crippen molar-refractivity contribution in [2.24, 2.45) is 0 Å². The fraction of sp³-hybridized carbons (Fsp3) is 0.0769. The largest absolute Gasteiger partial charge is 0.507 e. The standard InChI is InChI=1S/C13H12N2O3/c16-12-4-3-10(6-11(12)13(17)18)15-8-9-2-1-5-14-7-9/h1-7,15-16H,8H2,(H,17,18). The van der Waals surface area contributed by atoms with Crippen LogP contribution < -0.4 is 5.32 Å². The van der Waals surface area contributed by atoms with Gasteiger partial charge in [-0.25, -0.2) is 4.79 Å². The van der Waals surface area contributed by atoms with E-state index in [1.165, 1.54) is 12.1 Å². The van der Waals surface area contributed by atoms with Crippen LogP contribution in [0.5, 0.6) is 5.75 Å². The molecular weight excluding hydrogens is 232 g/mol. The number of aromatic hydroxyl groups is 1. The molecule has 0 aliphatic heterocycles. The maximum absolute atomic E-state index is 10.9. The van der Waals surface area contributed by atoms with Gasteiger partial charge in [-0.2, -0.15) is 0 Å². The number of anilines is 1. The van der Waals surface area contributed by atoms with Crippen LogP contribution in [0.15, 0.2) is 42.7 Å². The van der Waals surface area contributed by atoms with E-state index in [0.29, 0.717) is 12.2 Å². The number of nitrogens with one attached hydrogen (secondary N) is 1. The van der Waals surface area contributed by atoms with Crippen molar-refractivity contribution in [3.63, 3.8) is 0 Å². The average Bonchev–Trinajstić information content (AvgIpc) is 2.38. The minimum atomic E-state index is -1.16. The summed E-state index contributed by atoms with van der Waals surface area (Å²) in [5.74, 6) is -1.40. The molecular formula is C13H12N2O3. The molecule has 5 nitrogen and oxygen atoms in total. The van der Waals surface area contributed by atoms with Crippen LogP contribution in [-0.4, -0.2) is 21.2 Å². The molecule has 2 aromatic rings. The Bertz CT molecular complexity index is 555. The molecule has 0 spiro atoms. The maximum atomic E-state index is 10.9. The molecule has 1 aromatic carbocycles. The van der Waals surface area contributed by atoms with Crippen LogP contribution in [0.3, 0.4) is 0 Å². The third-order valence-electron chi connectivity index (χ3n) is 2.45. The number of hydrogen-bond donors (Lipinski definition) is 3. The van der Waals surface area contributed by atoms with Crippen LogP contribution in [0.2, 0.25) is 0 Å². The Morgan fingerprint density at radius 3 is 2.83 bits per heavy atom. The Morgan fingerprint density at radius 2 is 2.17 bits per heavy atom. The van der Waals surface area contributed by atoms with Crippen LogP contribution >= 0.6 is 0 Å². The van der Waals surface area contributed by atoms with Crippen molar-refractivity contribution >= 4 is 11.7 Å². The molecule has 0 saturated heterocycles. The van der Waals surface area contributed by atoms with Crippen molar-refractivity contribution in [3.8, 4) is 5.75 Å². The molecule has 0 radical (unpaired) electrons. The van der Waals surface area contributed by atoms with Gasteiger partial charge < -0.3 is 15.5 Å². The zero-order chi connectivity index (χ0) is 13.0. The number of hydrogen-bond acceptors (Lipinski definition) is 4. The van der Waals surface area contributed by atoms with Gasteiger partial charge >= 0.3 is 5.97 Å². The average molecular weight is 244 g/mol. The van der Waals surface area contributed by atoms with Crippen molar-refractivity contribution in [1.29, 1.82) is 0 Å². The first-order valence-electron chi connectivity index (χ1n) is 5.36. The summed E-state index contributed by atoms with van der Waals surface area (Å²) in [5, 5.41) is 21.3. The molecule has 0 atom stereocenters. The zero-order valence-electron chi connectivity index (χ0n) is 9.50. The molecule has 0 unspecified atom stereocenters. The fourth-order valence-corrected chi connectivity index (χ4v) is 1.52. The van der Waals surface area contributed by atoms with Crippen molar-refractivity contribution in [3.05, 3.63) is 53.9 Å². The summed E-state index contributed by atoms with van der Waals surface area (Å²) in [6.07, 6.45) is 3.41. The van der Waals surface area contributed by atoms with Gasteiger partial charge in [0.25, 0.3) is 0 Å². The van der Waals surface area contributed by atoms with Crippen LogP contribution in [-0.2, 0) is 6.54 Å². The van der Waals surface area contributed by atoms with Gasteiger partial charge in [0.2, 0.25) is 0 Å². The SMILES string of the molecule is O=C(O)c1cc(NCc2cccnc2)ccc1O. The Hall–Kier alpha value is -2.56. The molecule has 92 valence electrons. The van der Waals surface area contributed by atoms with E-state index in [-0.39, 0.29) is 11.3 Å². The molecule has 0 aliphatic carbocycles. The van der Waals surface area contributed by atoms with Crippen LogP contribution in [0.4, 0.5) is 5.69 Å². The summed E-state index contributed by atoms with van der Waals surface area (Å²) in [4.78, 5) is 14.8. The van der Waals surface area contributed by atoms with E-state index < -0.39 is 5.97 Å². The minimum Gasteiger partial charge on any atom is -0.507 e. The molecule has 2 rings (SSSR count). The summed E-state index contributed by atoms with van der Waals surface area (Å²) in [7, 11) is 0. The highest BCUT2D eigenvalue weighted by atomic mass is 16.4. The van der Waals surface area contributed by atoms with E-state index in [4.69, 9.17) is 5.11 Å². The number of aromatic carboxylic acids is 1. The van der Waals surface area contributed by atoms with Crippen LogP contribution in [0.1, 0.15) is 15.9 Å². The van der Waals surface area contributed by atoms with E-state index in [9.17, 15) is 9.90 Å². The lowest BCUT2D eigenvalue weighted by Crippen LogP contribution is -2.02. The van der Waals surface area contributed by atoms with Gasteiger partial charge in [-0.15, -0.1) is 0 Å². The van der Waals surface area contributed by atoms with E-state index in [2.05, 4.69) is 10.3 Å². The number of phenols is 1. The van der Waals surface area contributed by atoms with Gasteiger partial charge in [-0.3, -0.25) is 4.98 Å². The van der Waals surface area contributed by atoms with Gasteiger partial charge in [0.1, 0.15) is 11.3 Å². The summed E-state index contributed by atoms with van der Waals surface area (Å²) >= 11 is 0. The lowest BCUT2D eigenvalue weighted by Gasteiger charge is -2.08. The highest BCUT2D eigenvalue weighted by molar-refractivity contribution is 5.91. The third kappa shape index (κ3) is 2.76. The highest BCUT2D eigenvalue weighted by Crippen LogP contribution is 2.21. The van der Waals surface area contributed by atoms with E-state index in [1.807, 2.05) is 12.1 Å². The number of aromatic nitrogens is 1. The Kier molecular flexibility index (Phi) is 3.43. The van der Waals surface area contributed by atoms with Crippen LogP contribution in [0.25, 0.3) is 0 Å². The summed E-state index contributed by atoms with van der Waals surface area (Å²) in [6.45, 7) is 0.539. The van der Waals surface area contributed by atoms with Crippen LogP contribution in [0, 0.1) is 0 Å². The lowest BCUT2D eigenvalue weighted by atomic mass is 10.1. The molecule has 5 heteroatoms. The molecule has 0 bridgehead atoms. The maximum Gasteiger partial charge on any atom is 0.339 e.